The van der Waals surface area contributed by atoms with Crippen LogP contribution in [0.1, 0.15) is 54.9 Å². The Morgan fingerprint density at radius 1 is 1.19 bits per heavy atom. The second kappa shape index (κ2) is 7.91. The van der Waals surface area contributed by atoms with Crippen LogP contribution in [0.2, 0.25) is 0 Å². The van der Waals surface area contributed by atoms with Crippen LogP contribution >= 0.6 is 0 Å². The fourth-order valence-electron chi connectivity index (χ4n) is 3.42. The largest absolute Gasteiger partial charge is 0.508 e. The Morgan fingerprint density at radius 2 is 2.00 bits per heavy atom. The summed E-state index contributed by atoms with van der Waals surface area (Å²) in [6.45, 7) is 2.01. The van der Waals surface area contributed by atoms with E-state index in [0.717, 1.165) is 25.3 Å². The lowest BCUT2D eigenvalue weighted by Crippen LogP contribution is -2.22. The van der Waals surface area contributed by atoms with Crippen molar-refractivity contribution in [2.75, 3.05) is 0 Å². The summed E-state index contributed by atoms with van der Waals surface area (Å²) < 4.78 is 11.3. The van der Waals surface area contributed by atoms with Gasteiger partial charge < -0.3 is 19.7 Å². The van der Waals surface area contributed by atoms with Crippen LogP contribution in [0.15, 0.2) is 24.3 Å². The van der Waals surface area contributed by atoms with Crippen LogP contribution in [0, 0.1) is 0 Å². The molecule has 2 N–H and O–H groups in total. The van der Waals surface area contributed by atoms with E-state index in [9.17, 15) is 19.8 Å². The molecule has 0 spiro atoms. The summed E-state index contributed by atoms with van der Waals surface area (Å²) in [4.78, 5) is 24.9. The van der Waals surface area contributed by atoms with Crippen LogP contribution in [0.25, 0.3) is 0 Å². The van der Waals surface area contributed by atoms with Crippen molar-refractivity contribution in [1.82, 2.24) is 0 Å². The number of esters is 1. The number of carbonyl (C=O) groups is 2. The van der Waals surface area contributed by atoms with Crippen molar-refractivity contribution in [2.45, 2.75) is 63.8 Å². The number of rotatable bonds is 2. The molecule has 2 aliphatic rings. The lowest BCUT2D eigenvalue weighted by Gasteiger charge is -2.18. The first-order valence-electron chi connectivity index (χ1n) is 9.08. The molecule has 1 aromatic carbocycles. The number of phenolic OH excluding ortho intramolecular Hbond substituents is 2. The fourth-order valence-corrected chi connectivity index (χ4v) is 3.42. The molecule has 2 heterocycles. The van der Waals surface area contributed by atoms with Gasteiger partial charge in [0.2, 0.25) is 0 Å². The van der Waals surface area contributed by atoms with Gasteiger partial charge in [-0.3, -0.25) is 4.79 Å². The van der Waals surface area contributed by atoms with Gasteiger partial charge in [-0.1, -0.05) is 19.4 Å². The molecular weight excluding hydrogens is 336 g/mol. The molecule has 26 heavy (non-hydrogen) atoms. The molecule has 140 valence electrons. The molecule has 0 bridgehead atoms. The van der Waals surface area contributed by atoms with E-state index >= 15 is 0 Å². The summed E-state index contributed by atoms with van der Waals surface area (Å²) in [6.07, 6.45) is 6.84. The zero-order chi connectivity index (χ0) is 18.7. The molecule has 0 radical (unpaired) electrons. The average Bonchev–Trinajstić information content (AvgIpc) is 3.28. The van der Waals surface area contributed by atoms with Crippen LogP contribution in [0.3, 0.4) is 0 Å². The minimum atomic E-state index is -0.679. The highest BCUT2D eigenvalue weighted by Gasteiger charge is 2.40. The van der Waals surface area contributed by atoms with Crippen molar-refractivity contribution < 1.29 is 29.3 Å². The third kappa shape index (κ3) is 4.43. The average molecular weight is 360 g/mol. The molecule has 0 aromatic heterocycles. The van der Waals surface area contributed by atoms with E-state index in [0.29, 0.717) is 12.8 Å². The molecule has 6 heteroatoms. The maximum absolute atomic E-state index is 12.7. The van der Waals surface area contributed by atoms with Gasteiger partial charge in [0.05, 0.1) is 12.2 Å². The van der Waals surface area contributed by atoms with Crippen LogP contribution in [0.5, 0.6) is 11.5 Å². The molecule has 3 atom stereocenters. The number of cyclic esters (lactones) is 1. The summed E-state index contributed by atoms with van der Waals surface area (Å²) in [7, 11) is 0. The molecule has 1 aromatic rings. The third-order valence-electron chi connectivity index (χ3n) is 4.74. The smallest absolute Gasteiger partial charge is 0.342 e. The summed E-state index contributed by atoms with van der Waals surface area (Å²) in [5, 5.41) is 19.9. The van der Waals surface area contributed by atoms with Gasteiger partial charge in [0.25, 0.3) is 0 Å². The highest BCUT2D eigenvalue weighted by atomic mass is 16.6. The lowest BCUT2D eigenvalue weighted by molar-refractivity contribution is -0.114. The van der Waals surface area contributed by atoms with E-state index in [2.05, 4.69) is 0 Å². The van der Waals surface area contributed by atoms with Gasteiger partial charge in [-0.25, -0.2) is 4.79 Å². The number of ether oxygens (including phenoxy) is 2. The molecular formula is C20H24O6. The zero-order valence-electron chi connectivity index (χ0n) is 14.8. The number of phenols is 2. The molecule has 6 nitrogen and oxygen atoms in total. The SMILES string of the molecule is CCC[C@@H]1C[C@@H]2O[C@H]2CC/C=C/C(=O)Cc2cc(O)cc(O)c2C(=O)O1. The molecule has 0 amide bonds. The Morgan fingerprint density at radius 3 is 2.77 bits per heavy atom. The van der Waals surface area contributed by atoms with E-state index in [4.69, 9.17) is 9.47 Å². The van der Waals surface area contributed by atoms with Crippen LogP contribution in [-0.4, -0.2) is 40.3 Å². The van der Waals surface area contributed by atoms with E-state index in [1.165, 1.54) is 12.1 Å². The Hall–Kier alpha value is -2.34. The first kappa shape index (κ1) is 18.5. The molecule has 1 fully saturated rings. The highest BCUT2D eigenvalue weighted by molar-refractivity contribution is 5.98. The van der Waals surface area contributed by atoms with E-state index in [-0.39, 0.29) is 53.1 Å². The van der Waals surface area contributed by atoms with E-state index in [1.807, 2.05) is 6.92 Å². The number of benzene rings is 1. The lowest BCUT2D eigenvalue weighted by atomic mass is 9.99. The quantitative estimate of drug-likeness (QED) is 0.622. The zero-order valence-corrected chi connectivity index (χ0v) is 14.8. The van der Waals surface area contributed by atoms with Crippen molar-refractivity contribution in [2.24, 2.45) is 0 Å². The minimum absolute atomic E-state index is 0.0593. The monoisotopic (exact) mass is 360 g/mol. The number of aromatic hydroxyl groups is 2. The number of epoxide rings is 1. The maximum Gasteiger partial charge on any atom is 0.342 e. The van der Waals surface area contributed by atoms with Crippen molar-refractivity contribution in [3.05, 3.63) is 35.4 Å². The van der Waals surface area contributed by atoms with Gasteiger partial charge in [-0.05, 0) is 37.0 Å². The molecule has 0 aliphatic carbocycles. The second-order valence-electron chi connectivity index (χ2n) is 6.89. The fraction of sp³-hybridized carbons (Fsp3) is 0.500. The number of ketones is 1. The van der Waals surface area contributed by atoms with Crippen molar-refractivity contribution in [3.8, 4) is 11.5 Å². The summed E-state index contributed by atoms with van der Waals surface area (Å²) >= 11 is 0. The first-order chi connectivity index (χ1) is 12.5. The predicted molar refractivity (Wildman–Crippen MR) is 94.2 cm³/mol. The number of fused-ring (bicyclic) bond motifs is 2. The van der Waals surface area contributed by atoms with Crippen molar-refractivity contribution in [1.29, 1.82) is 0 Å². The van der Waals surface area contributed by atoms with Crippen LogP contribution in [-0.2, 0) is 20.7 Å². The van der Waals surface area contributed by atoms with Crippen molar-refractivity contribution in [3.63, 3.8) is 0 Å². The molecule has 2 aliphatic heterocycles. The number of allylic oxidation sites excluding steroid dienone is 2. The molecule has 1 saturated heterocycles. The topological polar surface area (TPSA) is 96.4 Å². The standard InChI is InChI=1S/C20H24O6/c1-2-5-15-11-18-17(26-18)7-4-3-6-13(21)8-12-9-14(22)10-16(23)19(12)20(24)25-15/h3,6,9-10,15,17-18,22-23H,2,4-5,7-8,11H2,1H3/b6-3+/t15-,17+,18+/m1/s1. The minimum Gasteiger partial charge on any atom is -0.508 e. The number of hydrogen-bond donors (Lipinski definition) is 2. The molecule has 0 unspecified atom stereocenters. The van der Waals surface area contributed by atoms with E-state index in [1.54, 1.807) is 6.08 Å². The first-order valence-corrected chi connectivity index (χ1v) is 9.08. The molecule has 0 saturated carbocycles. The Balaban J connectivity index is 1.92. The third-order valence-corrected chi connectivity index (χ3v) is 4.74. The van der Waals surface area contributed by atoms with Gasteiger partial charge in [-0.15, -0.1) is 0 Å². The van der Waals surface area contributed by atoms with Gasteiger partial charge in [0.15, 0.2) is 5.78 Å². The predicted octanol–water partition coefficient (Wildman–Crippen LogP) is 3.04. The Kier molecular flexibility index (Phi) is 5.61. The van der Waals surface area contributed by atoms with Crippen LogP contribution in [0.4, 0.5) is 0 Å². The normalized spacial score (nSPS) is 27.7. The number of carbonyl (C=O) groups excluding carboxylic acids is 2. The van der Waals surface area contributed by atoms with Gasteiger partial charge >= 0.3 is 5.97 Å². The Bertz CT molecular complexity index is 723. The van der Waals surface area contributed by atoms with Gasteiger partial charge in [0, 0.05) is 18.9 Å². The summed E-state index contributed by atoms with van der Waals surface area (Å²) in [5.41, 5.74) is 0.200. The van der Waals surface area contributed by atoms with Crippen LogP contribution < -0.4 is 0 Å². The van der Waals surface area contributed by atoms with Gasteiger partial charge in [0.1, 0.15) is 23.2 Å². The number of hydrogen-bond acceptors (Lipinski definition) is 6. The maximum atomic E-state index is 12.7. The Labute approximate surface area is 152 Å². The summed E-state index contributed by atoms with van der Waals surface area (Å²) in [6, 6.07) is 2.40. The van der Waals surface area contributed by atoms with E-state index < -0.39 is 5.97 Å². The van der Waals surface area contributed by atoms with Crippen molar-refractivity contribution >= 4 is 11.8 Å². The highest BCUT2D eigenvalue weighted by Crippen LogP contribution is 2.34. The molecule has 3 rings (SSSR count). The summed E-state index contributed by atoms with van der Waals surface area (Å²) in [5.74, 6) is -1.47. The second-order valence-corrected chi connectivity index (χ2v) is 6.89. The van der Waals surface area contributed by atoms with Gasteiger partial charge in [-0.2, -0.15) is 0 Å².